The highest BCUT2D eigenvalue weighted by Gasteiger charge is 2.56. The predicted molar refractivity (Wildman–Crippen MR) is 188 cm³/mol. The summed E-state index contributed by atoms with van der Waals surface area (Å²) >= 11 is 0. The van der Waals surface area contributed by atoms with Gasteiger partial charge < -0.3 is 34.6 Å². The minimum absolute atomic E-state index is 0.0261. The van der Waals surface area contributed by atoms with Gasteiger partial charge in [-0.15, -0.1) is 0 Å². The van der Waals surface area contributed by atoms with Gasteiger partial charge in [-0.2, -0.15) is 13.2 Å². The zero-order valence-corrected chi connectivity index (χ0v) is 30.9. The number of rotatable bonds is 14. The van der Waals surface area contributed by atoms with Crippen molar-refractivity contribution < 1.29 is 52.6 Å². The fourth-order valence-corrected chi connectivity index (χ4v) is 7.06. The summed E-state index contributed by atoms with van der Waals surface area (Å²) in [7, 11) is 1.64. The molecule has 0 bridgehead atoms. The standard InChI is InChI=1S/C39H58F3NO8/c1-8-32(49-7)27(5)35-36(51-35)37(43(20-21-44)23-28-13-15-29(16-14-28)39(40,41)42)38(6,48)19-9-10-25(3)34-26(4)12-18-31(46)24(2)11-17-30(45)22-33(47)50-34/h9-10,12-16,18-19,24,26-27,30-32,34-37,44-46,48H,8,11,17,20-23H2,1-7H3. The topological polar surface area (TPSA) is 132 Å². The third-order valence-corrected chi connectivity index (χ3v) is 10.3. The van der Waals surface area contributed by atoms with Gasteiger partial charge in [0.05, 0.1) is 54.6 Å². The van der Waals surface area contributed by atoms with E-state index in [0.29, 0.717) is 24.0 Å². The van der Waals surface area contributed by atoms with Gasteiger partial charge in [-0.1, -0.05) is 70.2 Å². The van der Waals surface area contributed by atoms with Crippen LogP contribution in [-0.2, 0) is 31.7 Å². The highest BCUT2D eigenvalue weighted by atomic mass is 19.4. The second-order valence-corrected chi connectivity index (χ2v) is 14.5. The number of aliphatic hydroxyl groups excluding tert-OH is 3. The largest absolute Gasteiger partial charge is 0.457 e. The molecule has 1 aromatic rings. The molecule has 51 heavy (non-hydrogen) atoms. The van der Waals surface area contributed by atoms with Crippen molar-refractivity contribution in [2.45, 2.75) is 128 Å². The number of halogens is 3. The van der Waals surface area contributed by atoms with Crippen LogP contribution in [0.5, 0.6) is 0 Å². The lowest BCUT2D eigenvalue weighted by Crippen LogP contribution is -2.54. The van der Waals surface area contributed by atoms with Gasteiger partial charge in [0.25, 0.3) is 0 Å². The van der Waals surface area contributed by atoms with Crippen LogP contribution in [0.1, 0.15) is 78.4 Å². The molecule has 0 spiro atoms. The molecule has 11 unspecified atom stereocenters. The molecule has 0 aliphatic carbocycles. The number of aliphatic hydroxyl groups is 4. The summed E-state index contributed by atoms with van der Waals surface area (Å²) < 4.78 is 57.5. The van der Waals surface area contributed by atoms with Crippen molar-refractivity contribution >= 4 is 5.97 Å². The first-order chi connectivity index (χ1) is 23.9. The molecule has 0 radical (unpaired) electrons. The number of allylic oxidation sites excluding steroid dienone is 2. The van der Waals surface area contributed by atoms with E-state index in [1.54, 1.807) is 45.3 Å². The molecule has 2 aliphatic rings. The highest BCUT2D eigenvalue weighted by molar-refractivity contribution is 5.70. The number of carbonyl (C=O) groups is 1. The quantitative estimate of drug-likeness (QED) is 0.0839. The Morgan fingerprint density at radius 1 is 1.12 bits per heavy atom. The van der Waals surface area contributed by atoms with Gasteiger partial charge in [-0.05, 0) is 62.3 Å². The van der Waals surface area contributed by atoms with Crippen molar-refractivity contribution in [1.82, 2.24) is 4.90 Å². The molecule has 1 aromatic carbocycles. The molecule has 9 nitrogen and oxygen atoms in total. The van der Waals surface area contributed by atoms with E-state index in [2.05, 4.69) is 0 Å². The summed E-state index contributed by atoms with van der Waals surface area (Å²) in [6.45, 7) is 11.2. The van der Waals surface area contributed by atoms with E-state index in [0.717, 1.165) is 18.6 Å². The van der Waals surface area contributed by atoms with Crippen LogP contribution in [0, 0.1) is 17.8 Å². The molecule has 288 valence electrons. The lowest BCUT2D eigenvalue weighted by molar-refractivity contribution is -0.151. The molecule has 3 rings (SSSR count). The lowest BCUT2D eigenvalue weighted by atomic mass is 9.86. The van der Waals surface area contributed by atoms with Crippen molar-refractivity contribution in [2.24, 2.45) is 17.8 Å². The SMILES string of the molecule is CCC(OC)C(C)C1OC1C(N(CCO)Cc1ccc(C(F)(F)F)cc1)C(C)(O)C=CC=C(C)C1OC(=O)CC(O)CCC(C)C(O)C=CC1C. The maximum atomic E-state index is 13.3. The van der Waals surface area contributed by atoms with Crippen molar-refractivity contribution in [1.29, 1.82) is 0 Å². The maximum Gasteiger partial charge on any atom is 0.416 e. The number of nitrogens with zero attached hydrogens (tertiary/aromatic N) is 1. The molecule has 4 N–H and O–H groups in total. The fraction of sp³-hybridized carbons (Fsp3) is 0.667. The second kappa shape index (κ2) is 19.0. The Kier molecular flexibility index (Phi) is 15.9. The molecule has 11 atom stereocenters. The molecule has 0 saturated carbocycles. The summed E-state index contributed by atoms with van der Waals surface area (Å²) in [4.78, 5) is 14.6. The molecular formula is C39H58F3NO8. The zero-order chi connectivity index (χ0) is 38.1. The lowest BCUT2D eigenvalue weighted by Gasteiger charge is -2.39. The number of carbonyl (C=O) groups excluding carboxylic acids is 1. The number of epoxide rings is 1. The number of alkyl halides is 3. The Bertz CT molecular complexity index is 1330. The van der Waals surface area contributed by atoms with Crippen LogP contribution in [0.25, 0.3) is 0 Å². The molecule has 0 aromatic heterocycles. The highest BCUT2D eigenvalue weighted by Crippen LogP contribution is 2.41. The van der Waals surface area contributed by atoms with E-state index in [1.807, 2.05) is 38.7 Å². The number of ether oxygens (including phenoxy) is 3. The first-order valence-electron chi connectivity index (χ1n) is 17.9. The van der Waals surface area contributed by atoms with E-state index in [-0.39, 0.29) is 56.1 Å². The number of cyclic esters (lactones) is 1. The molecule has 1 fully saturated rings. The van der Waals surface area contributed by atoms with Gasteiger partial charge in [0.15, 0.2) is 0 Å². The van der Waals surface area contributed by atoms with Crippen molar-refractivity contribution in [3.63, 3.8) is 0 Å². The summed E-state index contributed by atoms with van der Waals surface area (Å²) in [6, 6.07) is 4.11. The molecule has 2 aliphatic heterocycles. The first-order valence-corrected chi connectivity index (χ1v) is 17.9. The van der Waals surface area contributed by atoms with Gasteiger partial charge in [0.1, 0.15) is 12.2 Å². The number of hydrogen-bond donors (Lipinski definition) is 4. The predicted octanol–water partition coefficient (Wildman–Crippen LogP) is 5.60. The van der Waals surface area contributed by atoms with Crippen LogP contribution >= 0.6 is 0 Å². The monoisotopic (exact) mass is 725 g/mol. The number of hydrogen-bond acceptors (Lipinski definition) is 9. The number of methoxy groups -OCH3 is 1. The van der Waals surface area contributed by atoms with Crippen LogP contribution in [0.3, 0.4) is 0 Å². The van der Waals surface area contributed by atoms with Crippen LogP contribution in [0.15, 0.2) is 60.2 Å². The average Bonchev–Trinajstić information content (AvgIpc) is 3.84. The van der Waals surface area contributed by atoms with Gasteiger partial charge >= 0.3 is 12.1 Å². The van der Waals surface area contributed by atoms with Crippen LogP contribution < -0.4 is 0 Å². The van der Waals surface area contributed by atoms with Crippen molar-refractivity contribution in [2.75, 3.05) is 20.3 Å². The second-order valence-electron chi connectivity index (χ2n) is 14.5. The van der Waals surface area contributed by atoms with Crippen molar-refractivity contribution in [3.8, 4) is 0 Å². The summed E-state index contributed by atoms with van der Waals surface area (Å²) in [5.41, 5.74) is -1.10. The number of esters is 1. The zero-order valence-electron chi connectivity index (χ0n) is 30.9. The van der Waals surface area contributed by atoms with Gasteiger partial charge in [-0.25, -0.2) is 0 Å². The molecule has 0 amide bonds. The molecular weight excluding hydrogens is 667 g/mol. The average molecular weight is 726 g/mol. The first kappa shape index (κ1) is 42.8. The van der Waals surface area contributed by atoms with Gasteiger partial charge in [0.2, 0.25) is 0 Å². The van der Waals surface area contributed by atoms with Crippen LogP contribution in [0.4, 0.5) is 13.2 Å². The normalized spacial score (nSPS) is 29.9. The van der Waals surface area contributed by atoms with E-state index >= 15 is 0 Å². The van der Waals surface area contributed by atoms with Crippen LogP contribution in [0.2, 0.25) is 0 Å². The molecule has 1 saturated heterocycles. The summed E-state index contributed by atoms with van der Waals surface area (Å²) in [6.07, 6.45) is 2.34. The Morgan fingerprint density at radius 3 is 2.37 bits per heavy atom. The summed E-state index contributed by atoms with van der Waals surface area (Å²) in [5.74, 6) is -0.984. The molecule has 2 heterocycles. The minimum atomic E-state index is -4.48. The summed E-state index contributed by atoms with van der Waals surface area (Å²) in [5, 5.41) is 43.2. The Morgan fingerprint density at radius 2 is 1.78 bits per heavy atom. The van der Waals surface area contributed by atoms with Crippen molar-refractivity contribution in [3.05, 3.63) is 71.3 Å². The Balaban J connectivity index is 1.95. The van der Waals surface area contributed by atoms with E-state index in [9.17, 15) is 38.4 Å². The van der Waals surface area contributed by atoms with E-state index in [4.69, 9.17) is 14.2 Å². The molecule has 12 heteroatoms. The van der Waals surface area contributed by atoms with Gasteiger partial charge in [0, 0.05) is 32.0 Å². The Labute approximate surface area is 300 Å². The third-order valence-electron chi connectivity index (χ3n) is 10.3. The fourth-order valence-electron chi connectivity index (χ4n) is 7.06. The Hall–Kier alpha value is -2.58. The van der Waals surface area contributed by atoms with Gasteiger partial charge in [-0.3, -0.25) is 9.69 Å². The van der Waals surface area contributed by atoms with E-state index in [1.165, 1.54) is 12.1 Å². The van der Waals surface area contributed by atoms with E-state index < -0.39 is 53.8 Å². The maximum absolute atomic E-state index is 13.3. The minimum Gasteiger partial charge on any atom is -0.457 e. The third kappa shape index (κ3) is 12.2. The smallest absolute Gasteiger partial charge is 0.416 e. The van der Waals surface area contributed by atoms with Crippen LogP contribution in [-0.4, -0.2) is 99.8 Å². The number of benzene rings is 1.